The van der Waals surface area contributed by atoms with Crippen molar-refractivity contribution in [1.82, 2.24) is 0 Å². The first kappa shape index (κ1) is 21.8. The molecule has 2 aromatic rings. The highest BCUT2D eigenvalue weighted by Gasteiger charge is 2.43. The predicted octanol–water partition coefficient (Wildman–Crippen LogP) is 0.789. The molecule has 29 heavy (non-hydrogen) atoms. The maximum absolute atomic E-state index is 10.3. The molecule has 6 nitrogen and oxygen atoms in total. The number of hydrogen-bond acceptors (Lipinski definition) is 6. The van der Waals surface area contributed by atoms with Gasteiger partial charge in [-0.1, -0.05) is 47.7 Å². The monoisotopic (exact) mass is 418 g/mol. The molecule has 1 heterocycles. The first-order valence-electron chi connectivity index (χ1n) is 9.22. The van der Waals surface area contributed by atoms with Gasteiger partial charge in [0.05, 0.1) is 6.61 Å². The van der Waals surface area contributed by atoms with E-state index in [1.165, 1.54) is 0 Å². The van der Waals surface area contributed by atoms with Crippen molar-refractivity contribution >= 4 is 11.6 Å². The van der Waals surface area contributed by atoms with Crippen LogP contribution in [0.4, 0.5) is 0 Å². The first-order chi connectivity index (χ1) is 13.9. The van der Waals surface area contributed by atoms with Crippen molar-refractivity contribution in [2.45, 2.75) is 36.9 Å². The Labute approximate surface area is 174 Å². The van der Waals surface area contributed by atoms with E-state index < -0.39 is 37.1 Å². The molecule has 0 saturated carbocycles. The maximum atomic E-state index is 10.3. The zero-order chi connectivity index (χ0) is 21.0. The SMILES string of the molecule is OCC#Cc1ccc(Cc2cc([C@@H]3OC(CO)[C@@H](O)[C@H](O)[C@H]3O)ccc2Cl)cc1. The normalized spacial score (nSPS) is 26.6. The molecule has 0 spiro atoms. The van der Waals surface area contributed by atoms with Gasteiger partial charge in [0.15, 0.2) is 0 Å². The van der Waals surface area contributed by atoms with E-state index >= 15 is 0 Å². The molecule has 3 rings (SSSR count). The van der Waals surface area contributed by atoms with E-state index in [0.717, 1.165) is 16.7 Å². The molecule has 1 saturated heterocycles. The summed E-state index contributed by atoms with van der Waals surface area (Å²) < 4.78 is 5.63. The van der Waals surface area contributed by atoms with Gasteiger partial charge < -0.3 is 30.3 Å². The average Bonchev–Trinajstić information content (AvgIpc) is 2.73. The molecule has 0 aromatic heterocycles. The summed E-state index contributed by atoms with van der Waals surface area (Å²) in [6.07, 6.45) is -5.52. The Morgan fingerprint density at radius 2 is 1.66 bits per heavy atom. The summed E-state index contributed by atoms with van der Waals surface area (Å²) in [5.74, 6) is 5.43. The topological polar surface area (TPSA) is 110 Å². The van der Waals surface area contributed by atoms with Crippen LogP contribution >= 0.6 is 11.6 Å². The van der Waals surface area contributed by atoms with Crippen LogP contribution in [0, 0.1) is 11.8 Å². The highest BCUT2D eigenvalue weighted by Crippen LogP contribution is 2.34. The van der Waals surface area contributed by atoms with E-state index in [2.05, 4.69) is 11.8 Å². The molecule has 0 amide bonds. The minimum absolute atomic E-state index is 0.192. The number of rotatable bonds is 4. The quantitative estimate of drug-likeness (QED) is 0.469. The van der Waals surface area contributed by atoms with Crippen LogP contribution in [0.2, 0.25) is 5.02 Å². The molecule has 5 atom stereocenters. The second-order valence-electron chi connectivity index (χ2n) is 6.93. The van der Waals surface area contributed by atoms with Gasteiger partial charge in [-0.2, -0.15) is 0 Å². The number of halogens is 1. The summed E-state index contributed by atoms with van der Waals surface area (Å²) in [6.45, 7) is -0.671. The van der Waals surface area contributed by atoms with Gasteiger partial charge in [-0.3, -0.25) is 0 Å². The Morgan fingerprint density at radius 1 is 0.931 bits per heavy atom. The Hall–Kier alpha value is -1.95. The molecule has 1 unspecified atom stereocenters. The van der Waals surface area contributed by atoms with Crippen LogP contribution in [0.3, 0.4) is 0 Å². The van der Waals surface area contributed by atoms with Gasteiger partial charge in [0.2, 0.25) is 0 Å². The van der Waals surface area contributed by atoms with Crippen molar-refractivity contribution in [3.8, 4) is 11.8 Å². The van der Waals surface area contributed by atoms with Crippen molar-refractivity contribution in [1.29, 1.82) is 0 Å². The van der Waals surface area contributed by atoms with Gasteiger partial charge in [-0.15, -0.1) is 0 Å². The summed E-state index contributed by atoms with van der Waals surface area (Å²) in [4.78, 5) is 0. The first-order valence-corrected chi connectivity index (χ1v) is 9.60. The van der Waals surface area contributed by atoms with Crippen LogP contribution < -0.4 is 0 Å². The highest BCUT2D eigenvalue weighted by molar-refractivity contribution is 6.31. The van der Waals surface area contributed by atoms with Crippen molar-refractivity contribution in [3.63, 3.8) is 0 Å². The molecular formula is C22H23ClO6. The predicted molar refractivity (Wildman–Crippen MR) is 107 cm³/mol. The molecule has 1 aliphatic heterocycles. The fourth-order valence-corrected chi connectivity index (χ4v) is 3.54. The lowest BCUT2D eigenvalue weighted by Crippen LogP contribution is -2.55. The third-order valence-corrected chi connectivity index (χ3v) is 5.32. The fourth-order valence-electron chi connectivity index (χ4n) is 3.35. The third kappa shape index (κ3) is 4.97. The second-order valence-corrected chi connectivity index (χ2v) is 7.34. The van der Waals surface area contributed by atoms with E-state index in [0.29, 0.717) is 17.0 Å². The Bertz CT molecular complexity index is 886. The maximum Gasteiger partial charge on any atom is 0.113 e. The van der Waals surface area contributed by atoms with Gasteiger partial charge in [0.25, 0.3) is 0 Å². The lowest BCUT2D eigenvalue weighted by Gasteiger charge is -2.40. The van der Waals surface area contributed by atoms with Gasteiger partial charge in [-0.05, 0) is 41.3 Å². The molecule has 7 heteroatoms. The molecule has 5 N–H and O–H groups in total. The Balaban J connectivity index is 1.82. The number of ether oxygens (including phenoxy) is 1. The highest BCUT2D eigenvalue weighted by atomic mass is 35.5. The molecule has 2 aromatic carbocycles. The third-order valence-electron chi connectivity index (χ3n) is 4.95. The molecule has 0 bridgehead atoms. The lowest BCUT2D eigenvalue weighted by atomic mass is 9.90. The molecule has 1 aliphatic rings. The molecular weight excluding hydrogens is 396 g/mol. The van der Waals surface area contributed by atoms with Crippen LogP contribution in [0.1, 0.15) is 28.4 Å². The minimum Gasteiger partial charge on any atom is -0.394 e. The van der Waals surface area contributed by atoms with Crippen molar-refractivity contribution in [2.24, 2.45) is 0 Å². The summed E-state index contributed by atoms with van der Waals surface area (Å²) in [7, 11) is 0. The van der Waals surface area contributed by atoms with Crippen LogP contribution in [0.25, 0.3) is 0 Å². The van der Waals surface area contributed by atoms with Gasteiger partial charge in [0.1, 0.15) is 37.1 Å². The van der Waals surface area contributed by atoms with Crippen LogP contribution in [-0.2, 0) is 11.2 Å². The molecule has 0 radical (unpaired) electrons. The van der Waals surface area contributed by atoms with Crippen molar-refractivity contribution in [3.05, 3.63) is 69.7 Å². The van der Waals surface area contributed by atoms with E-state index in [1.54, 1.807) is 18.2 Å². The summed E-state index contributed by atoms with van der Waals surface area (Å²) in [6, 6.07) is 12.7. The summed E-state index contributed by atoms with van der Waals surface area (Å²) in [5, 5.41) is 49.0. The zero-order valence-corrected chi connectivity index (χ0v) is 16.3. The Kier molecular flexibility index (Phi) is 7.28. The molecule has 154 valence electrons. The average molecular weight is 419 g/mol. The fraction of sp³-hybridized carbons (Fsp3) is 0.364. The second kappa shape index (κ2) is 9.70. The molecule has 1 fully saturated rings. The van der Waals surface area contributed by atoms with E-state index in [9.17, 15) is 20.4 Å². The largest absolute Gasteiger partial charge is 0.394 e. The number of aliphatic hydroxyl groups is 5. The minimum atomic E-state index is -1.43. The standard InChI is InChI=1S/C22H23ClO6/c23-17-8-7-15(22-21(28)20(27)19(26)18(12-25)29-22)11-16(17)10-14-5-3-13(4-6-14)2-1-9-24/h3-8,11,18-22,24-28H,9-10,12H2/t18?,19-,20+,21-,22+/m1/s1. The zero-order valence-electron chi connectivity index (χ0n) is 15.6. The van der Waals surface area contributed by atoms with E-state index in [-0.39, 0.29) is 6.61 Å². The van der Waals surface area contributed by atoms with Crippen LogP contribution in [0.5, 0.6) is 0 Å². The summed E-state index contributed by atoms with van der Waals surface area (Å²) >= 11 is 6.35. The van der Waals surface area contributed by atoms with Gasteiger partial charge >= 0.3 is 0 Å². The summed E-state index contributed by atoms with van der Waals surface area (Å²) in [5.41, 5.74) is 3.18. The molecule has 0 aliphatic carbocycles. The van der Waals surface area contributed by atoms with Gasteiger partial charge in [-0.25, -0.2) is 0 Å². The van der Waals surface area contributed by atoms with Crippen LogP contribution in [-0.4, -0.2) is 63.2 Å². The van der Waals surface area contributed by atoms with Crippen molar-refractivity contribution < 1.29 is 30.3 Å². The number of benzene rings is 2. The van der Waals surface area contributed by atoms with E-state index in [4.69, 9.17) is 21.4 Å². The van der Waals surface area contributed by atoms with Gasteiger partial charge in [0, 0.05) is 10.6 Å². The lowest BCUT2D eigenvalue weighted by molar-refractivity contribution is -0.231. The van der Waals surface area contributed by atoms with Crippen LogP contribution in [0.15, 0.2) is 42.5 Å². The number of hydrogen-bond donors (Lipinski definition) is 5. The van der Waals surface area contributed by atoms with E-state index in [1.807, 2.05) is 24.3 Å². The number of aliphatic hydroxyl groups excluding tert-OH is 5. The van der Waals surface area contributed by atoms with Crippen molar-refractivity contribution in [2.75, 3.05) is 13.2 Å². The Morgan fingerprint density at radius 3 is 2.31 bits per heavy atom. The smallest absolute Gasteiger partial charge is 0.113 e.